The van der Waals surface area contributed by atoms with E-state index < -0.39 is 0 Å². The van der Waals surface area contributed by atoms with Crippen molar-refractivity contribution in [1.29, 1.82) is 0 Å². The second-order valence-corrected chi connectivity index (χ2v) is 5.86. The minimum atomic E-state index is 0.347. The zero-order chi connectivity index (χ0) is 13.1. The van der Waals surface area contributed by atoms with Gasteiger partial charge in [-0.25, -0.2) is 0 Å². The molecule has 1 nitrogen and oxygen atoms in total. The molecule has 0 saturated heterocycles. The predicted octanol–water partition coefficient (Wildman–Crippen LogP) is 4.05. The van der Waals surface area contributed by atoms with Crippen molar-refractivity contribution in [3.8, 4) is 0 Å². The van der Waals surface area contributed by atoms with Crippen molar-refractivity contribution < 1.29 is 5.11 Å². The van der Waals surface area contributed by atoms with Gasteiger partial charge in [0.1, 0.15) is 0 Å². The molecule has 100 valence electrons. The number of aliphatic hydroxyl groups is 1. The first-order valence-corrected chi connectivity index (χ1v) is 7.41. The first kappa shape index (κ1) is 12.7. The molecule has 1 aromatic carbocycles. The van der Waals surface area contributed by atoms with Gasteiger partial charge >= 0.3 is 0 Å². The fraction of sp³-hybridized carbons (Fsp3) is 0.444. The lowest BCUT2D eigenvalue weighted by Crippen LogP contribution is -2.19. The van der Waals surface area contributed by atoms with E-state index in [0.29, 0.717) is 24.4 Å². The van der Waals surface area contributed by atoms with Gasteiger partial charge in [-0.1, -0.05) is 54.1 Å². The molecule has 3 atom stereocenters. The van der Waals surface area contributed by atoms with Gasteiger partial charge in [-0.3, -0.25) is 0 Å². The lowest BCUT2D eigenvalue weighted by molar-refractivity contribution is 0.175. The fourth-order valence-electron chi connectivity index (χ4n) is 3.49. The number of hydrogen-bond donors (Lipinski definition) is 1. The van der Waals surface area contributed by atoms with E-state index in [0.717, 1.165) is 6.42 Å². The highest BCUT2D eigenvalue weighted by Gasteiger charge is 2.29. The summed E-state index contributed by atoms with van der Waals surface area (Å²) in [4.78, 5) is 0. The minimum Gasteiger partial charge on any atom is -0.396 e. The lowest BCUT2D eigenvalue weighted by Gasteiger charge is -2.26. The van der Waals surface area contributed by atoms with Crippen molar-refractivity contribution in [2.24, 2.45) is 17.8 Å². The van der Waals surface area contributed by atoms with Crippen LogP contribution >= 0.6 is 0 Å². The topological polar surface area (TPSA) is 20.2 Å². The Morgan fingerprint density at radius 2 is 2.00 bits per heavy atom. The third-order valence-electron chi connectivity index (χ3n) is 4.62. The average Bonchev–Trinajstić information content (AvgIpc) is 2.93. The SMILES string of the molecule is OC[C@H]1CCC/C(=C\c2ccccc2)[C@H]2C=C[C@@H]1C2. The van der Waals surface area contributed by atoms with Crippen LogP contribution in [-0.4, -0.2) is 11.7 Å². The number of fused-ring (bicyclic) bond motifs is 2. The Morgan fingerprint density at radius 3 is 2.79 bits per heavy atom. The van der Waals surface area contributed by atoms with Crippen LogP contribution in [0, 0.1) is 17.8 Å². The predicted molar refractivity (Wildman–Crippen MR) is 79.6 cm³/mol. The van der Waals surface area contributed by atoms with Crippen LogP contribution in [0.5, 0.6) is 0 Å². The van der Waals surface area contributed by atoms with Gasteiger partial charge in [0.2, 0.25) is 0 Å². The normalized spacial score (nSPS) is 32.3. The Kier molecular flexibility index (Phi) is 3.84. The Labute approximate surface area is 115 Å². The van der Waals surface area contributed by atoms with Crippen LogP contribution in [0.25, 0.3) is 6.08 Å². The largest absolute Gasteiger partial charge is 0.396 e. The van der Waals surface area contributed by atoms with Crippen LogP contribution in [-0.2, 0) is 0 Å². The van der Waals surface area contributed by atoms with Gasteiger partial charge in [-0.05, 0) is 49.0 Å². The molecule has 2 aliphatic carbocycles. The standard InChI is InChI=1S/C18H22O/c19-13-18-8-4-7-15(16-9-10-17(18)12-16)11-14-5-2-1-3-6-14/h1-3,5-6,9-11,16-19H,4,7-8,12-13H2/b15-11+/t16-,17+,18+/m0/s1. The van der Waals surface area contributed by atoms with Crippen LogP contribution in [0.1, 0.15) is 31.2 Å². The number of allylic oxidation sites excluding steroid dienone is 3. The summed E-state index contributed by atoms with van der Waals surface area (Å²) in [7, 11) is 0. The van der Waals surface area contributed by atoms with Gasteiger partial charge < -0.3 is 5.11 Å². The number of aliphatic hydroxyl groups excluding tert-OH is 1. The van der Waals surface area contributed by atoms with E-state index in [4.69, 9.17) is 0 Å². The molecule has 19 heavy (non-hydrogen) atoms. The summed E-state index contributed by atoms with van der Waals surface area (Å²) >= 11 is 0. The lowest BCUT2D eigenvalue weighted by atomic mass is 9.80. The Hall–Kier alpha value is -1.34. The van der Waals surface area contributed by atoms with Crippen molar-refractivity contribution in [1.82, 2.24) is 0 Å². The van der Waals surface area contributed by atoms with Crippen molar-refractivity contribution in [2.75, 3.05) is 6.61 Å². The molecule has 0 spiro atoms. The summed E-state index contributed by atoms with van der Waals surface area (Å²) in [5.41, 5.74) is 2.88. The van der Waals surface area contributed by atoms with E-state index in [-0.39, 0.29) is 0 Å². The zero-order valence-electron chi connectivity index (χ0n) is 11.3. The molecular weight excluding hydrogens is 232 g/mol. The molecule has 1 N–H and O–H groups in total. The molecule has 1 heteroatoms. The third-order valence-corrected chi connectivity index (χ3v) is 4.62. The Bertz CT molecular complexity index is 472. The molecule has 0 aromatic heterocycles. The third kappa shape index (κ3) is 2.82. The number of benzene rings is 1. The Balaban J connectivity index is 1.81. The molecule has 0 aliphatic heterocycles. The van der Waals surface area contributed by atoms with E-state index in [2.05, 4.69) is 48.6 Å². The van der Waals surface area contributed by atoms with E-state index in [1.54, 1.807) is 5.57 Å². The highest BCUT2D eigenvalue weighted by molar-refractivity contribution is 5.54. The van der Waals surface area contributed by atoms with Gasteiger partial charge in [0.25, 0.3) is 0 Å². The van der Waals surface area contributed by atoms with E-state index >= 15 is 0 Å². The molecule has 1 aromatic rings. The van der Waals surface area contributed by atoms with Crippen LogP contribution in [0.15, 0.2) is 48.1 Å². The molecule has 2 aliphatic rings. The van der Waals surface area contributed by atoms with Crippen LogP contribution in [0.2, 0.25) is 0 Å². The quantitative estimate of drug-likeness (QED) is 0.789. The first-order chi connectivity index (χ1) is 9.36. The summed E-state index contributed by atoms with van der Waals surface area (Å²) < 4.78 is 0. The van der Waals surface area contributed by atoms with E-state index in [9.17, 15) is 5.11 Å². The second-order valence-electron chi connectivity index (χ2n) is 5.86. The monoisotopic (exact) mass is 254 g/mol. The van der Waals surface area contributed by atoms with E-state index in [1.807, 2.05) is 0 Å². The molecule has 0 unspecified atom stereocenters. The average molecular weight is 254 g/mol. The first-order valence-electron chi connectivity index (χ1n) is 7.41. The summed E-state index contributed by atoms with van der Waals surface area (Å²) in [5.74, 6) is 1.67. The molecule has 1 fully saturated rings. The van der Waals surface area contributed by atoms with Crippen molar-refractivity contribution in [3.63, 3.8) is 0 Å². The molecule has 2 bridgehead atoms. The van der Waals surface area contributed by atoms with Gasteiger partial charge in [-0.2, -0.15) is 0 Å². The van der Waals surface area contributed by atoms with Crippen molar-refractivity contribution >= 4 is 6.08 Å². The molecule has 1 saturated carbocycles. The van der Waals surface area contributed by atoms with Gasteiger partial charge in [0.15, 0.2) is 0 Å². The molecular formula is C18H22O. The minimum absolute atomic E-state index is 0.347. The second kappa shape index (κ2) is 5.75. The molecule has 3 rings (SSSR count). The summed E-state index contributed by atoms with van der Waals surface area (Å²) in [6.45, 7) is 0.347. The van der Waals surface area contributed by atoms with Crippen LogP contribution in [0.4, 0.5) is 0 Å². The van der Waals surface area contributed by atoms with Crippen LogP contribution in [0.3, 0.4) is 0 Å². The van der Waals surface area contributed by atoms with Gasteiger partial charge in [-0.15, -0.1) is 0 Å². The molecule has 0 heterocycles. The van der Waals surface area contributed by atoms with Gasteiger partial charge in [0.05, 0.1) is 0 Å². The molecule has 0 amide bonds. The maximum Gasteiger partial charge on any atom is 0.0464 e. The highest BCUT2D eigenvalue weighted by Crippen LogP contribution is 2.40. The fourth-order valence-corrected chi connectivity index (χ4v) is 3.49. The number of hydrogen-bond acceptors (Lipinski definition) is 1. The summed E-state index contributed by atoms with van der Waals surface area (Å²) in [6, 6.07) is 10.6. The van der Waals surface area contributed by atoms with Crippen molar-refractivity contribution in [2.45, 2.75) is 25.7 Å². The Morgan fingerprint density at radius 1 is 1.16 bits per heavy atom. The van der Waals surface area contributed by atoms with Crippen molar-refractivity contribution in [3.05, 3.63) is 53.6 Å². The van der Waals surface area contributed by atoms with E-state index in [1.165, 1.54) is 24.8 Å². The highest BCUT2D eigenvalue weighted by atomic mass is 16.3. The smallest absolute Gasteiger partial charge is 0.0464 e. The van der Waals surface area contributed by atoms with Gasteiger partial charge in [0, 0.05) is 6.61 Å². The maximum absolute atomic E-state index is 9.48. The maximum atomic E-state index is 9.48. The zero-order valence-corrected chi connectivity index (χ0v) is 11.3. The summed E-state index contributed by atoms with van der Waals surface area (Å²) in [5, 5.41) is 9.48. The summed E-state index contributed by atoms with van der Waals surface area (Å²) in [6.07, 6.45) is 11.8. The van der Waals surface area contributed by atoms with Crippen LogP contribution < -0.4 is 0 Å². The molecule has 0 radical (unpaired) electrons. The number of rotatable bonds is 2.